The molecule has 0 bridgehead atoms. The van der Waals surface area contributed by atoms with Crippen molar-refractivity contribution in [2.45, 2.75) is 91.4 Å². The van der Waals surface area contributed by atoms with Gasteiger partial charge in [0.2, 0.25) is 6.41 Å². The fourth-order valence-corrected chi connectivity index (χ4v) is 5.03. The zero-order valence-electron chi connectivity index (χ0n) is 26.7. The summed E-state index contributed by atoms with van der Waals surface area (Å²) in [6.07, 6.45) is 22.8. The van der Waals surface area contributed by atoms with E-state index in [4.69, 9.17) is 10.1 Å². The highest BCUT2D eigenvalue weighted by atomic mass is 16.1. The average Bonchev–Trinajstić information content (AvgIpc) is 3.65. The Bertz CT molecular complexity index is 1290. The van der Waals surface area contributed by atoms with Crippen LogP contribution in [0.4, 0.5) is 0 Å². The maximum atomic E-state index is 11.3. The molecule has 0 unspecified atom stereocenters. The number of aryl methyl sites for hydroxylation is 1. The van der Waals surface area contributed by atoms with Crippen molar-refractivity contribution in [2.24, 2.45) is 11.1 Å². The maximum absolute atomic E-state index is 11.3. The van der Waals surface area contributed by atoms with E-state index in [1.165, 1.54) is 38.8 Å². The number of carbonyl (C=O) groups excluding carboxylic acids is 2. The number of rotatable bonds is 9. The Morgan fingerprint density at radius 2 is 1.65 bits per heavy atom. The quantitative estimate of drug-likeness (QED) is 0.154. The normalized spacial score (nSPS) is 14.2. The Labute approximate surface area is 259 Å². The minimum absolute atomic E-state index is 0.250. The average molecular weight is 586 g/mol. The third-order valence-electron chi connectivity index (χ3n) is 7.93. The summed E-state index contributed by atoms with van der Waals surface area (Å²) in [5, 5.41) is 11.2. The molecular weight excluding hydrogens is 534 g/mol. The fourth-order valence-electron chi connectivity index (χ4n) is 5.03. The molecule has 2 heterocycles. The second kappa shape index (κ2) is 20.9. The number of terminal acetylenes is 1. The minimum atomic E-state index is 0.250. The number of ketones is 1. The molecule has 232 valence electrons. The van der Waals surface area contributed by atoms with Crippen LogP contribution in [0.2, 0.25) is 0 Å². The summed E-state index contributed by atoms with van der Waals surface area (Å²) in [4.78, 5) is 30.2. The van der Waals surface area contributed by atoms with Crippen molar-refractivity contribution in [3.8, 4) is 30.2 Å². The number of carbonyl (C=O) groups is 2. The van der Waals surface area contributed by atoms with Gasteiger partial charge in [0.15, 0.2) is 0 Å². The Balaban J connectivity index is 0.000000474. The van der Waals surface area contributed by atoms with Gasteiger partial charge >= 0.3 is 0 Å². The van der Waals surface area contributed by atoms with Gasteiger partial charge in [-0.05, 0) is 93.0 Å². The molecule has 1 amide bonds. The van der Waals surface area contributed by atoms with E-state index < -0.39 is 0 Å². The smallest absolute Gasteiger partial charge is 0.204 e. The molecule has 3 aromatic rings. The lowest BCUT2D eigenvalue weighted by Crippen LogP contribution is -2.30. The number of nitrogens with two attached hydrogens (primary N) is 1. The number of nitrogens with one attached hydrogen (secondary N) is 1. The van der Waals surface area contributed by atoms with Crippen molar-refractivity contribution in [3.63, 3.8) is 0 Å². The minimum Gasteiger partial charge on any atom is -0.372 e. The number of primary amides is 1. The molecule has 2 aliphatic rings. The van der Waals surface area contributed by atoms with Crippen molar-refractivity contribution in [1.29, 1.82) is 5.26 Å². The van der Waals surface area contributed by atoms with Gasteiger partial charge in [-0.15, -0.1) is 12.8 Å². The van der Waals surface area contributed by atoms with Gasteiger partial charge in [-0.2, -0.15) is 5.26 Å². The number of hydrogen-bond acceptors (Lipinski definition) is 5. The molecular formula is C36H51N5O2. The molecule has 1 saturated heterocycles. The number of nitriles is 1. The Morgan fingerprint density at radius 1 is 1.05 bits per heavy atom. The second-order valence-corrected chi connectivity index (χ2v) is 10.9. The lowest BCUT2D eigenvalue weighted by atomic mass is 9.94. The van der Waals surface area contributed by atoms with Crippen molar-refractivity contribution in [3.05, 3.63) is 54.0 Å². The SMILES string of the molecule is C#C.CC.CCC(=O)CCCCCCc1ncc(-c2ccc3cc(C#N)ccc3c2)[nH]1.CN1CCC2(CC1)CC2.NC=O. The number of likely N-dealkylation sites (tertiary alicyclic amines) is 1. The molecule has 2 aromatic carbocycles. The van der Waals surface area contributed by atoms with Gasteiger partial charge in [0.25, 0.3) is 0 Å². The van der Waals surface area contributed by atoms with Crippen LogP contribution in [0.1, 0.15) is 96.4 Å². The van der Waals surface area contributed by atoms with Crippen LogP contribution in [-0.4, -0.2) is 47.2 Å². The number of fused-ring (bicyclic) bond motifs is 1. The van der Waals surface area contributed by atoms with Gasteiger partial charge in [0, 0.05) is 24.8 Å². The van der Waals surface area contributed by atoms with Gasteiger partial charge in [-0.1, -0.05) is 51.8 Å². The van der Waals surface area contributed by atoms with Gasteiger partial charge < -0.3 is 15.6 Å². The zero-order chi connectivity index (χ0) is 32.1. The first-order valence-electron chi connectivity index (χ1n) is 15.6. The van der Waals surface area contributed by atoms with E-state index in [9.17, 15) is 4.79 Å². The summed E-state index contributed by atoms with van der Waals surface area (Å²) in [7, 11) is 2.23. The van der Waals surface area contributed by atoms with Gasteiger partial charge in [-0.3, -0.25) is 9.59 Å². The summed E-state index contributed by atoms with van der Waals surface area (Å²) in [6, 6.07) is 14.1. The standard InChI is InChI=1S/C23H25N3O.C8H15N.C2H6.C2H2.CH3NO/c1-2-21(27)7-5-3-4-6-8-23-25-16-22(26-23)20-12-11-18-13-17(15-24)9-10-19(18)14-20;1-9-6-4-8(2-3-8)5-7-9;2*1-2;2-1-3/h9-14,16H,2-8H2,1H3,(H,25,26);2-7H2,1H3;1-2H3;1-2H;1H,(H2,2,3). The van der Waals surface area contributed by atoms with Crippen LogP contribution in [0, 0.1) is 29.6 Å². The highest BCUT2D eigenvalue weighted by molar-refractivity contribution is 5.87. The second-order valence-electron chi connectivity index (χ2n) is 10.9. The van der Waals surface area contributed by atoms with E-state index >= 15 is 0 Å². The summed E-state index contributed by atoms with van der Waals surface area (Å²) in [5.74, 6) is 1.37. The maximum Gasteiger partial charge on any atom is 0.204 e. The molecule has 1 spiro atoms. The summed E-state index contributed by atoms with van der Waals surface area (Å²) >= 11 is 0. The van der Waals surface area contributed by atoms with Crippen molar-refractivity contribution in [1.82, 2.24) is 14.9 Å². The molecule has 1 aliphatic heterocycles. The monoisotopic (exact) mass is 585 g/mol. The number of amides is 1. The van der Waals surface area contributed by atoms with Crippen LogP contribution >= 0.6 is 0 Å². The molecule has 5 rings (SSSR count). The van der Waals surface area contributed by atoms with Crippen LogP contribution in [0.15, 0.2) is 42.6 Å². The topological polar surface area (TPSA) is 116 Å². The first-order chi connectivity index (χ1) is 20.9. The summed E-state index contributed by atoms with van der Waals surface area (Å²) < 4.78 is 0. The number of imidazole rings is 1. The third-order valence-corrected chi connectivity index (χ3v) is 7.93. The van der Waals surface area contributed by atoms with Crippen LogP contribution in [0.25, 0.3) is 22.0 Å². The highest BCUT2D eigenvalue weighted by Gasteiger charge is 2.43. The lowest BCUT2D eigenvalue weighted by molar-refractivity contribution is -0.118. The highest BCUT2D eigenvalue weighted by Crippen LogP contribution is 2.53. The Morgan fingerprint density at radius 3 is 2.26 bits per heavy atom. The number of hydrogen-bond donors (Lipinski definition) is 2. The molecule has 0 atom stereocenters. The number of nitrogens with zero attached hydrogens (tertiary/aromatic N) is 3. The van der Waals surface area contributed by atoms with E-state index in [0.29, 0.717) is 17.8 Å². The fraction of sp³-hybridized carbons (Fsp3) is 0.500. The molecule has 1 saturated carbocycles. The van der Waals surface area contributed by atoms with Crippen LogP contribution in [-0.2, 0) is 16.0 Å². The van der Waals surface area contributed by atoms with Crippen molar-refractivity contribution < 1.29 is 9.59 Å². The van der Waals surface area contributed by atoms with Crippen molar-refractivity contribution >= 4 is 23.0 Å². The predicted molar refractivity (Wildman–Crippen MR) is 178 cm³/mol. The number of benzene rings is 2. The van der Waals surface area contributed by atoms with E-state index in [2.05, 4.69) is 58.7 Å². The molecule has 43 heavy (non-hydrogen) atoms. The van der Waals surface area contributed by atoms with E-state index in [-0.39, 0.29) is 6.41 Å². The number of piperidine rings is 1. The summed E-state index contributed by atoms with van der Waals surface area (Å²) in [6.45, 7) is 8.62. The van der Waals surface area contributed by atoms with Crippen LogP contribution < -0.4 is 5.73 Å². The largest absolute Gasteiger partial charge is 0.372 e. The zero-order valence-corrected chi connectivity index (χ0v) is 26.7. The van der Waals surface area contributed by atoms with Gasteiger partial charge in [0.1, 0.15) is 11.6 Å². The number of unbranched alkanes of at least 4 members (excludes halogenated alkanes) is 3. The van der Waals surface area contributed by atoms with E-state index in [0.717, 1.165) is 71.8 Å². The molecule has 1 aromatic heterocycles. The number of aromatic amines is 1. The summed E-state index contributed by atoms with van der Waals surface area (Å²) in [5.41, 5.74) is 7.83. The lowest BCUT2D eigenvalue weighted by Gasteiger charge is -2.28. The first-order valence-corrected chi connectivity index (χ1v) is 15.6. The van der Waals surface area contributed by atoms with Crippen LogP contribution in [0.5, 0.6) is 0 Å². The van der Waals surface area contributed by atoms with Gasteiger partial charge in [0.05, 0.1) is 23.5 Å². The molecule has 3 N–H and O–H groups in total. The first kappa shape index (κ1) is 37.1. The third kappa shape index (κ3) is 13.3. The molecule has 2 fully saturated rings. The van der Waals surface area contributed by atoms with E-state index in [1.807, 2.05) is 51.2 Å². The van der Waals surface area contributed by atoms with Gasteiger partial charge in [-0.25, -0.2) is 4.98 Å². The molecule has 1 aliphatic carbocycles. The molecule has 7 heteroatoms. The molecule has 7 nitrogen and oxygen atoms in total. The van der Waals surface area contributed by atoms with Crippen molar-refractivity contribution in [2.75, 3.05) is 20.1 Å². The van der Waals surface area contributed by atoms with E-state index in [1.54, 1.807) is 0 Å². The molecule has 0 radical (unpaired) electrons. The predicted octanol–water partition coefficient (Wildman–Crippen LogP) is 7.44. The number of Topliss-reactive ketones (excluding diaryl/α,β-unsaturated/α-hetero) is 1. The van der Waals surface area contributed by atoms with Crippen LogP contribution in [0.3, 0.4) is 0 Å². The number of H-pyrrole nitrogens is 1. The Hall–Kier alpha value is -3.94. The number of aromatic nitrogens is 2. The Kier molecular flexibility index (Phi) is 18.0.